The van der Waals surface area contributed by atoms with Crippen LogP contribution in [0.3, 0.4) is 0 Å². The van der Waals surface area contributed by atoms with E-state index in [9.17, 15) is 4.39 Å². The highest BCUT2D eigenvalue weighted by atomic mass is 19.1. The Balaban J connectivity index is 3.33. The first-order chi connectivity index (χ1) is 3.18. The van der Waals surface area contributed by atoms with Gasteiger partial charge in [-0.25, -0.2) is 4.39 Å². The van der Waals surface area contributed by atoms with Crippen LogP contribution in [0.2, 0.25) is 0 Å². The Morgan fingerprint density at radius 3 is 2.29 bits per heavy atom. The van der Waals surface area contributed by atoms with Crippen molar-refractivity contribution in [2.75, 3.05) is 0 Å². The molecule has 0 aliphatic carbocycles. The standard InChI is InChI=1S/C5H9FO/c1-3-5(6)4(2)7/h3-5,7H,1H2,2H3. The van der Waals surface area contributed by atoms with E-state index in [1.807, 2.05) is 0 Å². The van der Waals surface area contributed by atoms with Crippen molar-refractivity contribution in [2.45, 2.75) is 19.2 Å². The van der Waals surface area contributed by atoms with E-state index in [0.717, 1.165) is 6.08 Å². The summed E-state index contributed by atoms with van der Waals surface area (Å²) < 4.78 is 11.9. The van der Waals surface area contributed by atoms with Gasteiger partial charge in [-0.05, 0) is 6.92 Å². The molecule has 0 rings (SSSR count). The molecule has 0 aromatic heterocycles. The molecular weight excluding hydrogens is 95.1 g/mol. The summed E-state index contributed by atoms with van der Waals surface area (Å²) in [5, 5.41) is 8.37. The summed E-state index contributed by atoms with van der Waals surface area (Å²) in [5.41, 5.74) is 0. The smallest absolute Gasteiger partial charge is 0.143 e. The lowest BCUT2D eigenvalue weighted by Gasteiger charge is -2.02. The predicted molar refractivity (Wildman–Crippen MR) is 26.8 cm³/mol. The molecule has 2 atom stereocenters. The van der Waals surface area contributed by atoms with Crippen LogP contribution in [0.1, 0.15) is 6.92 Å². The summed E-state index contributed by atoms with van der Waals surface area (Å²) in [6.07, 6.45) is -1.12. The van der Waals surface area contributed by atoms with E-state index in [1.165, 1.54) is 6.92 Å². The average molecular weight is 104 g/mol. The first-order valence-corrected chi connectivity index (χ1v) is 2.13. The summed E-state index contributed by atoms with van der Waals surface area (Å²) in [5.74, 6) is 0. The van der Waals surface area contributed by atoms with Crippen LogP contribution in [0.15, 0.2) is 12.7 Å². The molecule has 42 valence electrons. The lowest BCUT2D eigenvalue weighted by molar-refractivity contribution is 0.120. The molecule has 0 radical (unpaired) electrons. The SMILES string of the molecule is C=CC(F)C(C)O. The van der Waals surface area contributed by atoms with Gasteiger partial charge in [-0.15, -0.1) is 6.58 Å². The van der Waals surface area contributed by atoms with E-state index in [2.05, 4.69) is 6.58 Å². The summed E-state index contributed by atoms with van der Waals surface area (Å²) in [6.45, 7) is 4.53. The van der Waals surface area contributed by atoms with Crippen LogP contribution >= 0.6 is 0 Å². The van der Waals surface area contributed by atoms with Crippen LogP contribution in [0.5, 0.6) is 0 Å². The number of halogens is 1. The van der Waals surface area contributed by atoms with Crippen molar-refractivity contribution >= 4 is 0 Å². The van der Waals surface area contributed by atoms with Crippen molar-refractivity contribution in [1.29, 1.82) is 0 Å². The monoisotopic (exact) mass is 104 g/mol. The number of hydrogen-bond acceptors (Lipinski definition) is 1. The number of aliphatic hydroxyl groups excluding tert-OH is 1. The molecule has 0 heterocycles. The van der Waals surface area contributed by atoms with Gasteiger partial charge in [0, 0.05) is 0 Å². The normalized spacial score (nSPS) is 18.1. The van der Waals surface area contributed by atoms with E-state index >= 15 is 0 Å². The molecule has 0 aromatic rings. The third kappa shape index (κ3) is 2.34. The molecule has 0 spiro atoms. The molecule has 0 saturated heterocycles. The Labute approximate surface area is 42.5 Å². The van der Waals surface area contributed by atoms with Gasteiger partial charge < -0.3 is 5.11 Å². The fourth-order valence-corrected chi connectivity index (χ4v) is 0.197. The third-order valence-electron chi connectivity index (χ3n) is 0.686. The summed E-state index contributed by atoms with van der Waals surface area (Å²) >= 11 is 0. The highest BCUT2D eigenvalue weighted by Gasteiger charge is 2.05. The highest BCUT2D eigenvalue weighted by Crippen LogP contribution is 1.96. The lowest BCUT2D eigenvalue weighted by Crippen LogP contribution is -2.13. The summed E-state index contributed by atoms with van der Waals surface area (Å²) in [6, 6.07) is 0. The number of alkyl halides is 1. The minimum Gasteiger partial charge on any atom is -0.390 e. The Morgan fingerprint density at radius 1 is 1.86 bits per heavy atom. The molecule has 7 heavy (non-hydrogen) atoms. The fraction of sp³-hybridized carbons (Fsp3) is 0.600. The Kier molecular flexibility index (Phi) is 2.60. The molecule has 0 aromatic carbocycles. The van der Waals surface area contributed by atoms with E-state index in [-0.39, 0.29) is 0 Å². The predicted octanol–water partition coefficient (Wildman–Crippen LogP) is 0.891. The van der Waals surface area contributed by atoms with Crippen LogP contribution in [0, 0.1) is 0 Å². The van der Waals surface area contributed by atoms with Gasteiger partial charge in [0.25, 0.3) is 0 Å². The first-order valence-electron chi connectivity index (χ1n) is 2.13. The molecule has 0 aliphatic rings. The van der Waals surface area contributed by atoms with E-state index in [0.29, 0.717) is 0 Å². The van der Waals surface area contributed by atoms with E-state index in [1.54, 1.807) is 0 Å². The molecule has 2 unspecified atom stereocenters. The van der Waals surface area contributed by atoms with Gasteiger partial charge in [0.15, 0.2) is 0 Å². The molecule has 0 bridgehead atoms. The van der Waals surface area contributed by atoms with Gasteiger partial charge in [0.1, 0.15) is 6.17 Å². The van der Waals surface area contributed by atoms with Crippen molar-refractivity contribution in [2.24, 2.45) is 0 Å². The highest BCUT2D eigenvalue weighted by molar-refractivity contribution is 4.81. The van der Waals surface area contributed by atoms with Gasteiger partial charge in [-0.3, -0.25) is 0 Å². The second kappa shape index (κ2) is 2.75. The van der Waals surface area contributed by atoms with E-state index < -0.39 is 12.3 Å². The molecule has 2 heteroatoms. The van der Waals surface area contributed by atoms with Gasteiger partial charge >= 0.3 is 0 Å². The van der Waals surface area contributed by atoms with Gasteiger partial charge in [-0.2, -0.15) is 0 Å². The van der Waals surface area contributed by atoms with Crippen LogP contribution in [0.25, 0.3) is 0 Å². The molecule has 0 amide bonds. The molecule has 1 nitrogen and oxygen atoms in total. The largest absolute Gasteiger partial charge is 0.390 e. The molecule has 1 N–H and O–H groups in total. The Bertz CT molecular complexity index is 61.1. The van der Waals surface area contributed by atoms with Crippen LogP contribution in [-0.4, -0.2) is 17.4 Å². The topological polar surface area (TPSA) is 20.2 Å². The maximum Gasteiger partial charge on any atom is 0.143 e. The lowest BCUT2D eigenvalue weighted by atomic mass is 10.2. The molecule has 0 aliphatic heterocycles. The Morgan fingerprint density at radius 2 is 2.29 bits per heavy atom. The fourth-order valence-electron chi connectivity index (χ4n) is 0.197. The van der Waals surface area contributed by atoms with Crippen LogP contribution < -0.4 is 0 Å². The maximum atomic E-state index is 11.9. The molecular formula is C5H9FO. The van der Waals surface area contributed by atoms with E-state index in [4.69, 9.17) is 5.11 Å². The number of rotatable bonds is 2. The van der Waals surface area contributed by atoms with Crippen molar-refractivity contribution in [3.63, 3.8) is 0 Å². The minimum atomic E-state index is -1.28. The second-order valence-electron chi connectivity index (χ2n) is 1.42. The summed E-state index contributed by atoms with van der Waals surface area (Å²) in [7, 11) is 0. The molecule has 0 saturated carbocycles. The first kappa shape index (κ1) is 6.63. The zero-order valence-electron chi connectivity index (χ0n) is 4.26. The van der Waals surface area contributed by atoms with Crippen LogP contribution in [0.4, 0.5) is 4.39 Å². The Hall–Kier alpha value is -0.370. The van der Waals surface area contributed by atoms with Crippen molar-refractivity contribution in [3.8, 4) is 0 Å². The van der Waals surface area contributed by atoms with Gasteiger partial charge in [0.2, 0.25) is 0 Å². The third-order valence-corrected chi connectivity index (χ3v) is 0.686. The number of aliphatic hydroxyl groups is 1. The second-order valence-corrected chi connectivity index (χ2v) is 1.42. The van der Waals surface area contributed by atoms with Crippen molar-refractivity contribution < 1.29 is 9.50 Å². The zero-order chi connectivity index (χ0) is 5.86. The average Bonchev–Trinajstić information content (AvgIpc) is 1.65. The van der Waals surface area contributed by atoms with Gasteiger partial charge in [-0.1, -0.05) is 6.08 Å². The van der Waals surface area contributed by atoms with Crippen molar-refractivity contribution in [3.05, 3.63) is 12.7 Å². The maximum absolute atomic E-state index is 11.9. The van der Waals surface area contributed by atoms with Crippen LogP contribution in [-0.2, 0) is 0 Å². The number of hydrogen-bond donors (Lipinski definition) is 1. The van der Waals surface area contributed by atoms with Gasteiger partial charge in [0.05, 0.1) is 6.10 Å². The quantitative estimate of drug-likeness (QED) is 0.516. The molecule has 0 fully saturated rings. The minimum absolute atomic E-state index is 0.919. The summed E-state index contributed by atoms with van der Waals surface area (Å²) in [4.78, 5) is 0. The van der Waals surface area contributed by atoms with Crippen molar-refractivity contribution in [1.82, 2.24) is 0 Å². The zero-order valence-corrected chi connectivity index (χ0v) is 4.26.